The highest BCUT2D eigenvalue weighted by atomic mass is 35.5. The molecule has 2 aromatic carbocycles. The molecule has 5 rings (SSSR count). The zero-order valence-corrected chi connectivity index (χ0v) is 20.8. The quantitative estimate of drug-likeness (QED) is 0.473. The van der Waals surface area contributed by atoms with Crippen LogP contribution >= 0.6 is 11.6 Å². The van der Waals surface area contributed by atoms with Gasteiger partial charge < -0.3 is 16.0 Å². The third-order valence-electron chi connectivity index (χ3n) is 6.47. The average molecular weight is 514 g/mol. The molecule has 35 heavy (non-hydrogen) atoms. The van der Waals surface area contributed by atoms with Gasteiger partial charge in [0, 0.05) is 46.1 Å². The molecule has 0 unspecified atom stereocenters. The summed E-state index contributed by atoms with van der Waals surface area (Å²) in [6, 6.07) is 10.9. The fourth-order valence-electron chi connectivity index (χ4n) is 4.36. The molecule has 2 aliphatic heterocycles. The molecule has 0 radical (unpaired) electrons. The van der Waals surface area contributed by atoms with Gasteiger partial charge in [0.1, 0.15) is 0 Å². The number of rotatable bonds is 6. The zero-order chi connectivity index (χ0) is 24.4. The van der Waals surface area contributed by atoms with E-state index in [1.54, 1.807) is 18.2 Å². The average Bonchev–Trinajstić information content (AvgIpc) is 3.58. The van der Waals surface area contributed by atoms with Crippen LogP contribution in [0.5, 0.6) is 0 Å². The van der Waals surface area contributed by atoms with E-state index in [2.05, 4.69) is 26.3 Å². The molecule has 10 heteroatoms. The summed E-state index contributed by atoms with van der Waals surface area (Å²) in [5.74, 6) is 1.69. The number of hydrogen-bond donors (Lipinski definition) is 4. The summed E-state index contributed by atoms with van der Waals surface area (Å²) < 4.78 is 11.6. The number of guanidine groups is 1. The second kappa shape index (κ2) is 10.4. The largest absolute Gasteiger partial charge is 0.354 e. The normalized spacial score (nSPS) is 21.6. The fourth-order valence-corrected chi connectivity index (χ4v) is 5.92. The van der Waals surface area contributed by atoms with Crippen molar-refractivity contribution < 1.29 is 13.8 Å². The Morgan fingerprint density at radius 3 is 2.54 bits per heavy atom. The summed E-state index contributed by atoms with van der Waals surface area (Å²) in [6.45, 7) is 1.39. The van der Waals surface area contributed by atoms with Crippen molar-refractivity contribution >= 4 is 51.5 Å². The zero-order valence-electron chi connectivity index (χ0n) is 19.2. The summed E-state index contributed by atoms with van der Waals surface area (Å²) in [6.07, 6.45) is 3.55. The van der Waals surface area contributed by atoms with Crippen molar-refractivity contribution in [3.05, 3.63) is 58.1 Å². The van der Waals surface area contributed by atoms with Gasteiger partial charge in [-0.25, -0.2) is 0 Å². The van der Waals surface area contributed by atoms with Gasteiger partial charge in [0.05, 0.1) is 22.8 Å². The van der Waals surface area contributed by atoms with E-state index in [4.69, 9.17) is 11.6 Å². The van der Waals surface area contributed by atoms with Crippen molar-refractivity contribution in [2.45, 2.75) is 37.6 Å². The number of hydrogen-bond acceptors (Lipinski definition) is 6. The molecule has 2 fully saturated rings. The maximum absolute atomic E-state index is 12.9. The highest BCUT2D eigenvalue weighted by Gasteiger charge is 2.28. The second-order valence-electron chi connectivity index (χ2n) is 9.08. The minimum atomic E-state index is -0.780. The first-order valence-electron chi connectivity index (χ1n) is 11.9. The first-order chi connectivity index (χ1) is 17.0. The van der Waals surface area contributed by atoms with Crippen LogP contribution < -0.4 is 21.3 Å². The summed E-state index contributed by atoms with van der Waals surface area (Å²) >= 11 is 6.66. The number of nitrogens with zero attached hydrogens (tertiary/aromatic N) is 1. The van der Waals surface area contributed by atoms with E-state index >= 15 is 0 Å². The Kier molecular flexibility index (Phi) is 7.06. The van der Waals surface area contributed by atoms with E-state index in [1.807, 2.05) is 18.2 Å². The molecule has 2 aromatic rings. The number of halogens is 1. The van der Waals surface area contributed by atoms with Gasteiger partial charge in [0.25, 0.3) is 11.8 Å². The highest BCUT2D eigenvalue weighted by molar-refractivity contribution is 7.85. The number of benzene rings is 2. The first kappa shape index (κ1) is 23.8. The number of carbonyl (C=O) groups excluding carboxylic acids is 2. The van der Waals surface area contributed by atoms with Crippen LogP contribution in [0.15, 0.2) is 41.4 Å². The summed E-state index contributed by atoms with van der Waals surface area (Å²) in [7, 11) is -0.780. The Morgan fingerprint density at radius 2 is 1.83 bits per heavy atom. The van der Waals surface area contributed by atoms with E-state index < -0.39 is 10.8 Å². The Morgan fingerprint density at radius 1 is 1.03 bits per heavy atom. The van der Waals surface area contributed by atoms with Gasteiger partial charge in [0.2, 0.25) is 0 Å². The molecule has 0 spiro atoms. The lowest BCUT2D eigenvalue weighted by molar-refractivity contribution is 0.0933. The summed E-state index contributed by atoms with van der Waals surface area (Å²) in [5.41, 5.74) is 3.53. The Balaban J connectivity index is 1.32. The molecule has 184 valence electrons. The molecule has 1 aliphatic carbocycles. The van der Waals surface area contributed by atoms with Gasteiger partial charge in [-0.1, -0.05) is 17.7 Å². The maximum Gasteiger partial charge on any atom is 0.257 e. The third kappa shape index (κ3) is 5.67. The van der Waals surface area contributed by atoms with Crippen LogP contribution in [0.2, 0.25) is 5.02 Å². The van der Waals surface area contributed by atoms with Gasteiger partial charge in [-0.3, -0.25) is 24.1 Å². The minimum absolute atomic E-state index is 0.0124. The van der Waals surface area contributed by atoms with E-state index in [1.165, 1.54) is 0 Å². The van der Waals surface area contributed by atoms with Crippen LogP contribution in [0.3, 0.4) is 0 Å². The molecule has 8 nitrogen and oxygen atoms in total. The molecule has 4 N–H and O–H groups in total. The maximum atomic E-state index is 12.9. The molecule has 0 bridgehead atoms. The number of anilines is 2. The first-order valence-corrected chi connectivity index (χ1v) is 13.8. The summed E-state index contributed by atoms with van der Waals surface area (Å²) in [5, 5.41) is 12.6. The van der Waals surface area contributed by atoms with Gasteiger partial charge in [-0.15, -0.1) is 0 Å². The van der Waals surface area contributed by atoms with Crippen LogP contribution in [0.1, 0.15) is 57.9 Å². The van der Waals surface area contributed by atoms with Crippen molar-refractivity contribution in [3.63, 3.8) is 0 Å². The minimum Gasteiger partial charge on any atom is -0.354 e. The molecular formula is C25H28ClN5O3S. The molecule has 0 atom stereocenters. The monoisotopic (exact) mass is 513 g/mol. The van der Waals surface area contributed by atoms with Gasteiger partial charge >= 0.3 is 0 Å². The van der Waals surface area contributed by atoms with Crippen LogP contribution in [-0.4, -0.2) is 52.6 Å². The van der Waals surface area contributed by atoms with E-state index in [0.29, 0.717) is 64.6 Å². The SMILES string of the molecule is O=C(NC1=NCCN1)c1ccc(Nc2cccc(C(=O)NC3CCS(=O)CC3)c2Cl)c(C2CC2)c1. The molecule has 3 aliphatic rings. The predicted molar refractivity (Wildman–Crippen MR) is 139 cm³/mol. The van der Waals surface area contributed by atoms with Crippen molar-refractivity contribution in [2.75, 3.05) is 29.9 Å². The molecular weight excluding hydrogens is 486 g/mol. The fraction of sp³-hybridized carbons (Fsp3) is 0.400. The lowest BCUT2D eigenvalue weighted by Gasteiger charge is -2.23. The Bertz CT molecular complexity index is 1200. The smallest absolute Gasteiger partial charge is 0.257 e. The van der Waals surface area contributed by atoms with Crippen LogP contribution in [0, 0.1) is 0 Å². The number of aliphatic imine (C=N–C) groups is 1. The Hall–Kier alpha value is -2.91. The van der Waals surface area contributed by atoms with Crippen molar-refractivity contribution in [1.29, 1.82) is 0 Å². The van der Waals surface area contributed by atoms with Gasteiger partial charge in [-0.2, -0.15) is 0 Å². The number of carbonyl (C=O) groups is 2. The molecule has 1 saturated carbocycles. The van der Waals surface area contributed by atoms with Crippen LogP contribution in [0.4, 0.5) is 11.4 Å². The third-order valence-corrected chi connectivity index (χ3v) is 8.26. The van der Waals surface area contributed by atoms with Crippen molar-refractivity contribution in [3.8, 4) is 0 Å². The molecule has 2 heterocycles. The lowest BCUT2D eigenvalue weighted by Crippen LogP contribution is -2.39. The van der Waals surface area contributed by atoms with E-state index in [9.17, 15) is 13.8 Å². The van der Waals surface area contributed by atoms with Crippen molar-refractivity contribution in [2.24, 2.45) is 4.99 Å². The molecule has 2 amide bonds. The standard InChI is InChI=1S/C25H28ClN5O3S/c26-22-18(24(33)29-17-8-12-35(34)13-9-17)2-1-3-21(22)30-20-7-6-16(14-19(20)15-4-5-15)23(32)31-25-27-10-11-28-25/h1-3,6-7,14-15,17,30H,4-5,8-13H2,(H,29,33)(H2,27,28,31,32). The highest BCUT2D eigenvalue weighted by Crippen LogP contribution is 2.45. The van der Waals surface area contributed by atoms with Crippen LogP contribution in [0.25, 0.3) is 0 Å². The summed E-state index contributed by atoms with van der Waals surface area (Å²) in [4.78, 5) is 29.8. The van der Waals surface area contributed by atoms with Crippen molar-refractivity contribution in [1.82, 2.24) is 16.0 Å². The topological polar surface area (TPSA) is 112 Å². The molecule has 0 aromatic heterocycles. The lowest BCUT2D eigenvalue weighted by atomic mass is 10.0. The Labute approximate surface area is 211 Å². The van der Waals surface area contributed by atoms with E-state index in [-0.39, 0.29) is 17.9 Å². The van der Waals surface area contributed by atoms with Gasteiger partial charge in [0.15, 0.2) is 5.96 Å². The number of amides is 2. The number of nitrogens with one attached hydrogen (secondary N) is 4. The molecule has 1 saturated heterocycles. The van der Waals surface area contributed by atoms with E-state index in [0.717, 1.165) is 30.6 Å². The predicted octanol–water partition coefficient (Wildman–Crippen LogP) is 3.29. The van der Waals surface area contributed by atoms with Gasteiger partial charge in [-0.05, 0) is 67.5 Å². The second-order valence-corrected chi connectivity index (χ2v) is 11.1. The van der Waals surface area contributed by atoms with Crippen LogP contribution in [-0.2, 0) is 10.8 Å².